The molecule has 92 valence electrons. The highest BCUT2D eigenvalue weighted by atomic mass is 16.5. The molecule has 17 heavy (non-hydrogen) atoms. The minimum absolute atomic E-state index is 0.321. The fraction of sp³-hybridized carbons (Fsp3) is 0.357. The topological polar surface area (TPSA) is 35.5 Å². The monoisotopic (exact) mass is 234 g/mol. The van der Waals surface area contributed by atoms with Crippen molar-refractivity contribution in [3.63, 3.8) is 0 Å². The third-order valence-corrected chi connectivity index (χ3v) is 2.39. The zero-order chi connectivity index (χ0) is 12.8. The molecule has 0 fully saturated rings. The van der Waals surface area contributed by atoms with Crippen molar-refractivity contribution in [3.05, 3.63) is 34.9 Å². The van der Waals surface area contributed by atoms with E-state index < -0.39 is 0 Å². The van der Waals surface area contributed by atoms with Gasteiger partial charge in [-0.2, -0.15) is 0 Å². The molecule has 1 rings (SSSR count). The lowest BCUT2D eigenvalue weighted by molar-refractivity contribution is -0.137. The summed E-state index contributed by atoms with van der Waals surface area (Å²) >= 11 is 0. The van der Waals surface area contributed by atoms with Crippen molar-refractivity contribution in [1.29, 1.82) is 0 Å². The van der Waals surface area contributed by atoms with Crippen LogP contribution in [0.15, 0.2) is 18.2 Å². The number of carbonyl (C=O) groups excluding carboxylic acids is 1. The summed E-state index contributed by atoms with van der Waals surface area (Å²) in [7, 11) is 1.66. The van der Waals surface area contributed by atoms with E-state index >= 15 is 0 Å². The molecule has 0 unspecified atom stereocenters. The molecular formula is C14H18O3. The van der Waals surface area contributed by atoms with Gasteiger partial charge in [0.25, 0.3) is 0 Å². The summed E-state index contributed by atoms with van der Waals surface area (Å²) in [6.45, 7) is 6.14. The van der Waals surface area contributed by atoms with Crippen molar-refractivity contribution >= 4 is 12.0 Å². The second kappa shape index (κ2) is 6.09. The highest BCUT2D eigenvalue weighted by Crippen LogP contribution is 2.24. The fourth-order valence-electron chi connectivity index (χ4n) is 1.76. The van der Waals surface area contributed by atoms with E-state index in [1.165, 1.54) is 6.08 Å². The number of rotatable bonds is 4. The Morgan fingerprint density at radius 1 is 1.29 bits per heavy atom. The van der Waals surface area contributed by atoms with Gasteiger partial charge in [-0.3, -0.25) is 0 Å². The molecule has 0 aromatic heterocycles. The van der Waals surface area contributed by atoms with Gasteiger partial charge in [0.15, 0.2) is 0 Å². The lowest BCUT2D eigenvalue weighted by Gasteiger charge is -2.09. The summed E-state index contributed by atoms with van der Waals surface area (Å²) in [5.74, 6) is 0.567. The van der Waals surface area contributed by atoms with Crippen LogP contribution in [0, 0.1) is 13.8 Å². The summed E-state index contributed by atoms with van der Waals surface area (Å²) in [5, 5.41) is 0. The van der Waals surface area contributed by atoms with Gasteiger partial charge in [0.2, 0.25) is 0 Å². The third kappa shape index (κ3) is 3.63. The van der Waals surface area contributed by atoms with Gasteiger partial charge in [-0.05, 0) is 55.7 Å². The van der Waals surface area contributed by atoms with Crippen LogP contribution >= 0.6 is 0 Å². The first-order valence-electron chi connectivity index (χ1n) is 5.58. The first-order chi connectivity index (χ1) is 8.08. The molecular weight excluding hydrogens is 216 g/mol. The van der Waals surface area contributed by atoms with Crippen LogP contribution in [0.2, 0.25) is 0 Å². The molecule has 1 aromatic carbocycles. The van der Waals surface area contributed by atoms with Gasteiger partial charge in [-0.25, -0.2) is 4.79 Å². The molecule has 0 radical (unpaired) electrons. The number of esters is 1. The maximum atomic E-state index is 11.2. The zero-order valence-electron chi connectivity index (χ0n) is 10.7. The molecule has 3 heteroatoms. The second-order valence-corrected chi connectivity index (χ2v) is 3.77. The third-order valence-electron chi connectivity index (χ3n) is 2.39. The molecule has 0 saturated heterocycles. The number of hydrogen-bond donors (Lipinski definition) is 0. The van der Waals surface area contributed by atoms with Crippen molar-refractivity contribution < 1.29 is 14.3 Å². The number of methoxy groups -OCH3 is 1. The van der Waals surface area contributed by atoms with Crippen LogP contribution in [0.25, 0.3) is 6.08 Å². The largest absolute Gasteiger partial charge is 0.496 e. The van der Waals surface area contributed by atoms with Gasteiger partial charge in [0.05, 0.1) is 13.7 Å². The number of hydrogen-bond acceptors (Lipinski definition) is 3. The predicted octanol–water partition coefficient (Wildman–Crippen LogP) is 2.89. The molecule has 0 spiro atoms. The van der Waals surface area contributed by atoms with E-state index in [9.17, 15) is 4.79 Å². The summed E-state index contributed by atoms with van der Waals surface area (Å²) in [4.78, 5) is 11.2. The van der Waals surface area contributed by atoms with E-state index in [4.69, 9.17) is 9.47 Å². The van der Waals surface area contributed by atoms with Crippen LogP contribution in [0.1, 0.15) is 23.6 Å². The Hall–Kier alpha value is -1.77. The molecule has 0 saturated carbocycles. The SMILES string of the molecule is CCOC(=O)C=Cc1cc(C)c(OC)c(C)c1. The van der Waals surface area contributed by atoms with Crippen molar-refractivity contribution in [2.24, 2.45) is 0 Å². The van der Waals surface area contributed by atoms with E-state index in [1.54, 1.807) is 20.1 Å². The average Bonchev–Trinajstić information content (AvgIpc) is 2.26. The molecule has 0 amide bonds. The van der Waals surface area contributed by atoms with Gasteiger partial charge in [0, 0.05) is 6.08 Å². The molecule has 0 atom stereocenters. The second-order valence-electron chi connectivity index (χ2n) is 3.77. The number of aryl methyl sites for hydroxylation is 2. The van der Waals surface area contributed by atoms with Gasteiger partial charge in [0.1, 0.15) is 5.75 Å². The van der Waals surface area contributed by atoms with Crippen molar-refractivity contribution in [1.82, 2.24) is 0 Å². The van der Waals surface area contributed by atoms with Gasteiger partial charge in [-0.15, -0.1) is 0 Å². The Morgan fingerprint density at radius 3 is 2.35 bits per heavy atom. The molecule has 0 aliphatic rings. The predicted molar refractivity (Wildman–Crippen MR) is 68.1 cm³/mol. The Balaban J connectivity index is 2.90. The number of carbonyl (C=O) groups is 1. The molecule has 0 heterocycles. The lowest BCUT2D eigenvalue weighted by atomic mass is 10.1. The fourth-order valence-corrected chi connectivity index (χ4v) is 1.76. The van der Waals surface area contributed by atoms with E-state index in [0.29, 0.717) is 6.61 Å². The average molecular weight is 234 g/mol. The van der Waals surface area contributed by atoms with Crippen molar-refractivity contribution in [2.45, 2.75) is 20.8 Å². The Labute approximate surface area is 102 Å². The minimum atomic E-state index is -0.321. The van der Waals surface area contributed by atoms with Crippen LogP contribution in [-0.4, -0.2) is 19.7 Å². The summed E-state index contributed by atoms with van der Waals surface area (Å²) in [6, 6.07) is 3.95. The zero-order valence-corrected chi connectivity index (χ0v) is 10.7. The van der Waals surface area contributed by atoms with E-state index in [2.05, 4.69) is 0 Å². The Morgan fingerprint density at radius 2 is 1.88 bits per heavy atom. The molecule has 3 nitrogen and oxygen atoms in total. The van der Waals surface area contributed by atoms with Crippen LogP contribution in [0.4, 0.5) is 0 Å². The van der Waals surface area contributed by atoms with E-state index in [-0.39, 0.29) is 5.97 Å². The molecule has 0 aliphatic carbocycles. The minimum Gasteiger partial charge on any atom is -0.496 e. The first-order valence-corrected chi connectivity index (χ1v) is 5.58. The van der Waals surface area contributed by atoms with Gasteiger partial charge in [-0.1, -0.05) is 0 Å². The standard InChI is InChI=1S/C14H18O3/c1-5-17-13(15)7-6-12-8-10(2)14(16-4)11(3)9-12/h6-9H,5H2,1-4H3. The van der Waals surface area contributed by atoms with Crippen LogP contribution < -0.4 is 4.74 Å². The van der Waals surface area contributed by atoms with Crippen molar-refractivity contribution in [3.8, 4) is 5.75 Å². The summed E-state index contributed by atoms with van der Waals surface area (Å²) in [5.41, 5.74) is 3.07. The summed E-state index contributed by atoms with van der Waals surface area (Å²) in [6.07, 6.45) is 3.18. The molecule has 1 aromatic rings. The molecule has 0 N–H and O–H groups in total. The van der Waals surface area contributed by atoms with Crippen LogP contribution in [0.3, 0.4) is 0 Å². The van der Waals surface area contributed by atoms with Crippen LogP contribution in [-0.2, 0) is 9.53 Å². The highest BCUT2D eigenvalue weighted by Gasteiger charge is 2.03. The normalized spacial score (nSPS) is 10.6. The van der Waals surface area contributed by atoms with Crippen molar-refractivity contribution in [2.75, 3.05) is 13.7 Å². The van der Waals surface area contributed by atoms with Crippen LogP contribution in [0.5, 0.6) is 5.75 Å². The summed E-state index contributed by atoms with van der Waals surface area (Å²) < 4.78 is 10.1. The van der Waals surface area contributed by atoms with E-state index in [0.717, 1.165) is 22.4 Å². The lowest BCUT2D eigenvalue weighted by Crippen LogP contribution is -1.98. The number of ether oxygens (including phenoxy) is 2. The van der Waals surface area contributed by atoms with E-state index in [1.807, 2.05) is 26.0 Å². The van der Waals surface area contributed by atoms with Gasteiger partial charge < -0.3 is 9.47 Å². The maximum Gasteiger partial charge on any atom is 0.330 e. The Kier molecular flexibility index (Phi) is 4.76. The Bertz CT molecular complexity index is 410. The smallest absolute Gasteiger partial charge is 0.330 e. The number of benzene rings is 1. The molecule has 0 bridgehead atoms. The van der Waals surface area contributed by atoms with Gasteiger partial charge >= 0.3 is 5.97 Å². The molecule has 0 aliphatic heterocycles. The quantitative estimate of drug-likeness (QED) is 0.593. The first kappa shape index (κ1) is 13.3. The highest BCUT2D eigenvalue weighted by molar-refractivity contribution is 5.87. The maximum absolute atomic E-state index is 11.2.